The molecule has 1 aromatic heterocycles. The van der Waals surface area contributed by atoms with Gasteiger partial charge in [-0.15, -0.1) is 11.8 Å². The predicted molar refractivity (Wildman–Crippen MR) is 164 cm³/mol. The Morgan fingerprint density at radius 1 is 0.833 bits per heavy atom. The van der Waals surface area contributed by atoms with E-state index >= 15 is 0 Å². The average Bonchev–Trinajstić information content (AvgIpc) is 3.72. The fourth-order valence-electron chi connectivity index (χ4n) is 7.96. The minimum atomic E-state index is -0.303. The maximum absolute atomic E-state index is 13.9. The van der Waals surface area contributed by atoms with Crippen molar-refractivity contribution in [3.8, 4) is 5.75 Å². The lowest BCUT2D eigenvalue weighted by Gasteiger charge is -2.43. The minimum absolute atomic E-state index is 0.00590. The average molecular weight is 595 g/mol. The quantitative estimate of drug-likeness (QED) is 0.274. The van der Waals surface area contributed by atoms with E-state index in [1.54, 1.807) is 11.8 Å². The number of fused-ring (bicyclic) bond motifs is 9. The molecular formula is C34H30N2O4S2. The minimum Gasteiger partial charge on any atom is -0.489 e. The number of rotatable bonds is 5. The SMILES string of the molecule is Cc1ccc(COc2ccc(C3c4sc(=O)[nH]c4SC4C3[C@H]3C[C@@H]4C4C(=O)N(c5ccc(C)cc5)C(=O)C43)cc2)cc1. The molecule has 8 heteroatoms. The smallest absolute Gasteiger partial charge is 0.305 e. The van der Waals surface area contributed by atoms with Gasteiger partial charge in [0.05, 0.1) is 22.5 Å². The number of amides is 2. The van der Waals surface area contributed by atoms with Gasteiger partial charge in [-0.05, 0) is 73.4 Å². The molecule has 2 amide bonds. The summed E-state index contributed by atoms with van der Waals surface area (Å²) in [5, 5.41) is 1.10. The first-order chi connectivity index (χ1) is 20.4. The number of thiazole rings is 1. The summed E-state index contributed by atoms with van der Waals surface area (Å²) < 4.78 is 6.08. The number of aryl methyl sites for hydroxylation is 2. The van der Waals surface area contributed by atoms with E-state index in [9.17, 15) is 14.4 Å². The lowest BCUT2D eigenvalue weighted by Crippen LogP contribution is -2.42. The number of aromatic nitrogens is 1. The molecule has 4 aliphatic rings. The Morgan fingerprint density at radius 2 is 1.48 bits per heavy atom. The Bertz CT molecular complexity index is 1760. The van der Waals surface area contributed by atoms with Crippen molar-refractivity contribution in [2.75, 3.05) is 4.90 Å². The number of nitrogens with zero attached hydrogens (tertiary/aromatic N) is 1. The van der Waals surface area contributed by atoms with E-state index in [-0.39, 0.29) is 57.4 Å². The second-order valence-electron chi connectivity index (χ2n) is 12.2. The Labute approximate surface area is 252 Å². The van der Waals surface area contributed by atoms with Crippen molar-refractivity contribution >= 4 is 40.6 Å². The number of anilines is 1. The first-order valence-corrected chi connectivity index (χ1v) is 16.2. The van der Waals surface area contributed by atoms with Gasteiger partial charge in [0, 0.05) is 16.0 Å². The summed E-state index contributed by atoms with van der Waals surface area (Å²) in [7, 11) is 0. The van der Waals surface area contributed by atoms with Crippen LogP contribution in [0.25, 0.3) is 0 Å². The van der Waals surface area contributed by atoms with Crippen molar-refractivity contribution in [3.05, 3.63) is 110 Å². The molecule has 2 bridgehead atoms. The van der Waals surface area contributed by atoms with Gasteiger partial charge in [0.25, 0.3) is 0 Å². The van der Waals surface area contributed by atoms with Crippen LogP contribution in [0.2, 0.25) is 0 Å². The van der Waals surface area contributed by atoms with Crippen LogP contribution in [0.1, 0.15) is 39.5 Å². The second kappa shape index (κ2) is 9.71. The molecule has 2 saturated carbocycles. The van der Waals surface area contributed by atoms with E-state index in [0.717, 1.165) is 38.8 Å². The van der Waals surface area contributed by atoms with Crippen molar-refractivity contribution in [1.82, 2.24) is 4.98 Å². The van der Waals surface area contributed by atoms with Crippen LogP contribution < -0.4 is 14.5 Å². The van der Waals surface area contributed by atoms with Crippen molar-refractivity contribution in [2.24, 2.45) is 29.6 Å². The number of hydrogen-bond donors (Lipinski definition) is 1. The molecule has 4 aromatic rings. The molecule has 2 aliphatic carbocycles. The van der Waals surface area contributed by atoms with Gasteiger partial charge in [0.15, 0.2) is 0 Å². The number of hydrogen-bond acceptors (Lipinski definition) is 6. The highest BCUT2D eigenvalue weighted by Gasteiger charge is 2.69. The second-order valence-corrected chi connectivity index (χ2v) is 14.4. The normalized spacial score (nSPS) is 29.0. The zero-order chi connectivity index (χ0) is 28.7. The van der Waals surface area contributed by atoms with Crippen LogP contribution in [0, 0.1) is 43.4 Å². The topological polar surface area (TPSA) is 79.5 Å². The van der Waals surface area contributed by atoms with E-state index in [0.29, 0.717) is 12.3 Å². The summed E-state index contributed by atoms with van der Waals surface area (Å²) >= 11 is 3.00. The fourth-order valence-corrected chi connectivity index (χ4v) is 10.8. The monoisotopic (exact) mass is 594 g/mol. The maximum atomic E-state index is 13.9. The third kappa shape index (κ3) is 3.95. The Balaban J connectivity index is 1.11. The van der Waals surface area contributed by atoms with Crippen molar-refractivity contribution < 1.29 is 14.3 Å². The first kappa shape index (κ1) is 26.0. The Hall–Kier alpha value is -3.62. The number of benzene rings is 3. The molecule has 3 heterocycles. The third-order valence-electron chi connectivity index (χ3n) is 9.78. The van der Waals surface area contributed by atoms with Gasteiger partial charge in [0.1, 0.15) is 12.4 Å². The standard InChI is InChI=1S/C34H30N2O4S2/c1-17-3-7-19(8-4-17)16-40-22-13-9-20(10-14-22)25-26-23-15-24(29(26)41-31-30(25)42-34(39)35-31)28-27(23)32(37)36(33(28)38)21-11-5-18(2)6-12-21/h3-14,23-29H,15-16H2,1-2H3,(H,35,39)/t23-,24-,25?,26?,27?,28?,29?/m1/s1. The molecule has 0 spiro atoms. The highest BCUT2D eigenvalue weighted by molar-refractivity contribution is 8.00. The van der Waals surface area contributed by atoms with Gasteiger partial charge in [-0.1, -0.05) is 71.0 Å². The van der Waals surface area contributed by atoms with Crippen LogP contribution in [0.3, 0.4) is 0 Å². The number of nitrogens with one attached hydrogen (secondary N) is 1. The molecule has 3 aromatic carbocycles. The molecule has 5 unspecified atom stereocenters. The van der Waals surface area contributed by atoms with Crippen LogP contribution in [-0.4, -0.2) is 22.0 Å². The van der Waals surface area contributed by atoms with Gasteiger partial charge in [-0.25, -0.2) is 0 Å². The molecule has 3 fully saturated rings. The molecule has 0 radical (unpaired) electrons. The molecule has 42 heavy (non-hydrogen) atoms. The van der Waals surface area contributed by atoms with Crippen LogP contribution in [0.4, 0.5) is 5.69 Å². The van der Waals surface area contributed by atoms with Gasteiger partial charge in [0.2, 0.25) is 11.8 Å². The van der Waals surface area contributed by atoms with Crippen LogP contribution in [0.5, 0.6) is 5.75 Å². The van der Waals surface area contributed by atoms with Gasteiger partial charge >= 0.3 is 4.87 Å². The number of ether oxygens (including phenoxy) is 1. The number of thioether (sulfide) groups is 1. The fraction of sp³-hybridized carbons (Fsp3) is 0.324. The zero-order valence-corrected chi connectivity index (χ0v) is 24.9. The summed E-state index contributed by atoms with van der Waals surface area (Å²) in [5.74, 6) is 0.457. The number of carbonyl (C=O) groups excluding carboxylic acids is 2. The molecule has 6 nitrogen and oxygen atoms in total. The van der Waals surface area contributed by atoms with Gasteiger partial charge in [-0.2, -0.15) is 0 Å². The van der Waals surface area contributed by atoms with E-state index in [1.807, 2.05) is 43.3 Å². The zero-order valence-electron chi connectivity index (χ0n) is 23.3. The predicted octanol–water partition coefficient (Wildman–Crippen LogP) is 6.31. The van der Waals surface area contributed by atoms with E-state index in [2.05, 4.69) is 48.3 Å². The molecular weight excluding hydrogens is 565 g/mol. The molecule has 8 rings (SSSR count). The molecule has 1 N–H and O–H groups in total. The first-order valence-electron chi connectivity index (χ1n) is 14.5. The summed E-state index contributed by atoms with van der Waals surface area (Å²) in [4.78, 5) is 45.8. The highest BCUT2D eigenvalue weighted by atomic mass is 32.2. The van der Waals surface area contributed by atoms with Gasteiger partial charge in [-0.3, -0.25) is 19.3 Å². The van der Waals surface area contributed by atoms with Crippen LogP contribution in [-0.2, 0) is 16.2 Å². The number of imide groups is 1. The van der Waals surface area contributed by atoms with Crippen molar-refractivity contribution in [2.45, 2.75) is 43.1 Å². The van der Waals surface area contributed by atoms with E-state index in [4.69, 9.17) is 4.74 Å². The lowest BCUT2D eigenvalue weighted by atomic mass is 9.68. The van der Waals surface area contributed by atoms with E-state index in [1.165, 1.54) is 21.8 Å². The Kier molecular flexibility index (Phi) is 6.02. The van der Waals surface area contributed by atoms with E-state index < -0.39 is 0 Å². The van der Waals surface area contributed by atoms with Crippen LogP contribution >= 0.6 is 23.1 Å². The van der Waals surface area contributed by atoms with Gasteiger partial charge < -0.3 is 9.72 Å². The van der Waals surface area contributed by atoms with Crippen molar-refractivity contribution in [3.63, 3.8) is 0 Å². The summed E-state index contributed by atoms with van der Waals surface area (Å²) in [6.45, 7) is 4.57. The molecule has 212 valence electrons. The number of aromatic amines is 1. The molecule has 1 saturated heterocycles. The molecule has 2 aliphatic heterocycles. The maximum Gasteiger partial charge on any atom is 0.305 e. The summed E-state index contributed by atoms with van der Waals surface area (Å²) in [6, 6.07) is 24.2. The molecule has 7 atom stereocenters. The number of H-pyrrole nitrogens is 1. The summed E-state index contributed by atoms with van der Waals surface area (Å²) in [6.07, 6.45) is 0.879. The lowest BCUT2D eigenvalue weighted by molar-refractivity contribution is -0.123. The number of carbonyl (C=O) groups is 2. The summed E-state index contributed by atoms with van der Waals surface area (Å²) in [5.41, 5.74) is 5.22. The van der Waals surface area contributed by atoms with Crippen molar-refractivity contribution in [1.29, 1.82) is 0 Å². The largest absolute Gasteiger partial charge is 0.489 e. The highest BCUT2D eigenvalue weighted by Crippen LogP contribution is 2.68. The Morgan fingerprint density at radius 3 is 2.17 bits per heavy atom. The third-order valence-corrected chi connectivity index (χ3v) is 12.4. The van der Waals surface area contributed by atoms with Crippen LogP contribution in [0.15, 0.2) is 82.6 Å².